The number of benzene rings is 1. The van der Waals surface area contributed by atoms with Crippen molar-refractivity contribution in [2.24, 2.45) is 0 Å². The second-order valence-electron chi connectivity index (χ2n) is 6.94. The Bertz CT molecular complexity index is 812. The van der Waals surface area contributed by atoms with Crippen LogP contribution in [0.4, 0.5) is 5.00 Å². The topological polar surface area (TPSA) is 76.7 Å². The van der Waals surface area contributed by atoms with E-state index in [1.54, 1.807) is 14.0 Å². The fraction of sp³-hybridized carbons (Fsp3) is 0.429. The van der Waals surface area contributed by atoms with Crippen LogP contribution in [0.5, 0.6) is 5.75 Å². The lowest BCUT2D eigenvalue weighted by atomic mass is 10.0. The fourth-order valence-corrected chi connectivity index (χ4v) is 3.43. The van der Waals surface area contributed by atoms with Crippen LogP contribution in [0.3, 0.4) is 0 Å². The number of esters is 1. The predicted molar refractivity (Wildman–Crippen MR) is 113 cm³/mol. The Labute approximate surface area is 170 Å². The van der Waals surface area contributed by atoms with Gasteiger partial charge in [-0.25, -0.2) is 4.79 Å². The van der Waals surface area contributed by atoms with E-state index in [1.165, 1.54) is 11.3 Å². The van der Waals surface area contributed by atoms with Gasteiger partial charge in [-0.05, 0) is 44.9 Å². The highest BCUT2D eigenvalue weighted by Crippen LogP contribution is 2.36. The normalized spacial score (nSPS) is 11.2. The molecule has 0 atom stereocenters. The third-order valence-corrected chi connectivity index (χ3v) is 5.43. The Morgan fingerprint density at radius 3 is 2.39 bits per heavy atom. The smallest absolute Gasteiger partial charge is 0.341 e. The summed E-state index contributed by atoms with van der Waals surface area (Å²) < 4.78 is 10.4. The maximum Gasteiger partial charge on any atom is 0.341 e. The average Bonchev–Trinajstić information content (AvgIpc) is 3.10. The van der Waals surface area contributed by atoms with Crippen molar-refractivity contribution in [3.8, 4) is 16.9 Å². The summed E-state index contributed by atoms with van der Waals surface area (Å²) in [4.78, 5) is 25.0. The summed E-state index contributed by atoms with van der Waals surface area (Å²) in [5, 5.41) is 8.41. The van der Waals surface area contributed by atoms with Crippen LogP contribution >= 0.6 is 11.3 Å². The van der Waals surface area contributed by atoms with Crippen molar-refractivity contribution >= 4 is 28.2 Å². The zero-order chi connectivity index (χ0) is 20.7. The molecule has 1 aromatic heterocycles. The van der Waals surface area contributed by atoms with Crippen LogP contribution in [0.25, 0.3) is 11.1 Å². The van der Waals surface area contributed by atoms with E-state index in [1.807, 2.05) is 43.5 Å². The van der Waals surface area contributed by atoms with Crippen LogP contribution in [0.15, 0.2) is 29.6 Å². The minimum atomic E-state index is -0.452. The zero-order valence-electron chi connectivity index (χ0n) is 17.0. The molecule has 0 saturated heterocycles. The third-order valence-electron chi connectivity index (χ3n) is 4.54. The van der Waals surface area contributed by atoms with Gasteiger partial charge in [0, 0.05) is 16.5 Å². The SMILES string of the molecule is CCOC(=O)c1c(-c2ccc(OC)cc2)csc1NC(=O)CNC(C)(C)CC. The van der Waals surface area contributed by atoms with Crippen molar-refractivity contribution < 1.29 is 19.1 Å². The Kier molecular flexibility index (Phi) is 7.60. The van der Waals surface area contributed by atoms with Crippen molar-refractivity contribution in [1.82, 2.24) is 5.32 Å². The predicted octanol–water partition coefficient (Wildman–Crippen LogP) is 4.32. The van der Waals surface area contributed by atoms with Crippen LogP contribution in [-0.4, -0.2) is 37.7 Å². The highest BCUT2D eigenvalue weighted by atomic mass is 32.1. The molecule has 2 rings (SSSR count). The molecule has 1 aromatic carbocycles. The van der Waals surface area contributed by atoms with Gasteiger partial charge in [0.05, 0.1) is 20.3 Å². The highest BCUT2D eigenvalue weighted by molar-refractivity contribution is 7.15. The van der Waals surface area contributed by atoms with Crippen LogP contribution in [0, 0.1) is 0 Å². The number of hydrogen-bond acceptors (Lipinski definition) is 6. The number of thiophene rings is 1. The number of carbonyl (C=O) groups excluding carboxylic acids is 2. The van der Waals surface area contributed by atoms with Gasteiger partial charge in [0.15, 0.2) is 0 Å². The van der Waals surface area contributed by atoms with E-state index in [4.69, 9.17) is 9.47 Å². The summed E-state index contributed by atoms with van der Waals surface area (Å²) in [7, 11) is 1.60. The molecular weight excluding hydrogens is 376 g/mol. The minimum Gasteiger partial charge on any atom is -0.497 e. The van der Waals surface area contributed by atoms with Crippen LogP contribution < -0.4 is 15.4 Å². The molecule has 0 spiro atoms. The number of rotatable bonds is 9. The van der Waals surface area contributed by atoms with E-state index in [0.29, 0.717) is 10.6 Å². The molecule has 0 radical (unpaired) electrons. The molecule has 152 valence electrons. The Balaban J connectivity index is 2.27. The Hall–Kier alpha value is -2.38. The largest absolute Gasteiger partial charge is 0.497 e. The molecule has 0 aliphatic rings. The second-order valence-corrected chi connectivity index (χ2v) is 7.82. The standard InChI is InChI=1S/C21H28N2O4S/c1-6-21(3,4)22-12-17(24)23-19-18(20(25)27-7-2)16(13-28-19)14-8-10-15(26-5)11-9-14/h8-11,13,22H,6-7,12H2,1-5H3,(H,23,24). The summed E-state index contributed by atoms with van der Waals surface area (Å²) in [6, 6.07) is 7.41. The van der Waals surface area contributed by atoms with Gasteiger partial charge < -0.3 is 20.1 Å². The van der Waals surface area contributed by atoms with Gasteiger partial charge in [-0.15, -0.1) is 11.3 Å². The first-order valence-corrected chi connectivity index (χ1v) is 10.2. The lowest BCUT2D eigenvalue weighted by Gasteiger charge is -2.24. The van der Waals surface area contributed by atoms with Gasteiger partial charge in [0.2, 0.25) is 5.91 Å². The Morgan fingerprint density at radius 1 is 1.14 bits per heavy atom. The molecule has 2 N–H and O–H groups in total. The van der Waals surface area contributed by atoms with Gasteiger partial charge in [-0.1, -0.05) is 19.1 Å². The van der Waals surface area contributed by atoms with Crippen molar-refractivity contribution in [1.29, 1.82) is 0 Å². The van der Waals surface area contributed by atoms with E-state index in [-0.39, 0.29) is 24.6 Å². The van der Waals surface area contributed by atoms with E-state index in [0.717, 1.165) is 23.3 Å². The maximum absolute atomic E-state index is 12.6. The number of hydrogen-bond donors (Lipinski definition) is 2. The van der Waals surface area contributed by atoms with Gasteiger partial charge in [-0.2, -0.15) is 0 Å². The molecule has 6 nitrogen and oxygen atoms in total. The zero-order valence-corrected chi connectivity index (χ0v) is 17.9. The highest BCUT2D eigenvalue weighted by Gasteiger charge is 2.23. The quantitative estimate of drug-likeness (QED) is 0.609. The molecule has 1 heterocycles. The van der Waals surface area contributed by atoms with Crippen molar-refractivity contribution in [3.05, 3.63) is 35.2 Å². The summed E-state index contributed by atoms with van der Waals surface area (Å²) >= 11 is 1.31. The van der Waals surface area contributed by atoms with Gasteiger partial charge in [-0.3, -0.25) is 4.79 Å². The van der Waals surface area contributed by atoms with Gasteiger partial charge in [0.25, 0.3) is 0 Å². The monoisotopic (exact) mass is 404 g/mol. The first-order valence-electron chi connectivity index (χ1n) is 9.29. The van der Waals surface area contributed by atoms with E-state index < -0.39 is 5.97 Å². The van der Waals surface area contributed by atoms with Crippen molar-refractivity contribution in [2.45, 2.75) is 39.7 Å². The molecule has 2 aromatic rings. The summed E-state index contributed by atoms with van der Waals surface area (Å²) in [5.74, 6) is 0.0803. The molecule has 28 heavy (non-hydrogen) atoms. The van der Waals surface area contributed by atoms with Crippen LogP contribution in [-0.2, 0) is 9.53 Å². The maximum atomic E-state index is 12.6. The molecule has 7 heteroatoms. The number of amides is 1. The average molecular weight is 405 g/mol. The van der Waals surface area contributed by atoms with Gasteiger partial charge >= 0.3 is 5.97 Å². The van der Waals surface area contributed by atoms with E-state index in [2.05, 4.69) is 17.6 Å². The molecule has 0 saturated carbocycles. The first-order chi connectivity index (χ1) is 13.3. The molecule has 0 aliphatic heterocycles. The Morgan fingerprint density at radius 2 is 1.82 bits per heavy atom. The molecular formula is C21H28N2O4S. The number of anilines is 1. The fourth-order valence-electron chi connectivity index (χ4n) is 2.45. The lowest BCUT2D eigenvalue weighted by Crippen LogP contribution is -2.43. The summed E-state index contributed by atoms with van der Waals surface area (Å²) in [6.45, 7) is 8.32. The number of nitrogens with one attached hydrogen (secondary N) is 2. The van der Waals surface area contributed by atoms with Crippen molar-refractivity contribution in [3.63, 3.8) is 0 Å². The lowest BCUT2D eigenvalue weighted by molar-refractivity contribution is -0.115. The summed E-state index contributed by atoms with van der Waals surface area (Å²) in [5.41, 5.74) is 1.82. The third kappa shape index (κ3) is 5.56. The molecule has 0 bridgehead atoms. The first kappa shape index (κ1) is 21.9. The van der Waals surface area contributed by atoms with Crippen molar-refractivity contribution in [2.75, 3.05) is 25.6 Å². The molecule has 0 unspecified atom stereocenters. The van der Waals surface area contributed by atoms with Crippen LogP contribution in [0.2, 0.25) is 0 Å². The number of methoxy groups -OCH3 is 1. The van der Waals surface area contributed by atoms with E-state index >= 15 is 0 Å². The molecule has 0 fully saturated rings. The summed E-state index contributed by atoms with van der Waals surface area (Å²) in [6.07, 6.45) is 0.898. The van der Waals surface area contributed by atoms with Gasteiger partial charge in [0.1, 0.15) is 16.3 Å². The van der Waals surface area contributed by atoms with E-state index in [9.17, 15) is 9.59 Å². The molecule has 1 amide bonds. The van der Waals surface area contributed by atoms with Crippen LogP contribution in [0.1, 0.15) is 44.5 Å². The number of ether oxygens (including phenoxy) is 2. The second kappa shape index (κ2) is 9.71. The molecule has 0 aliphatic carbocycles. The minimum absolute atomic E-state index is 0.134. The number of carbonyl (C=O) groups is 2.